The van der Waals surface area contributed by atoms with E-state index in [-0.39, 0.29) is 17.8 Å². The number of carbonyl (C=O) groups is 1. The zero-order valence-electron chi connectivity index (χ0n) is 12.1. The minimum absolute atomic E-state index is 0.119. The Morgan fingerprint density at radius 1 is 1.40 bits per heavy atom. The van der Waals surface area contributed by atoms with Gasteiger partial charge in [-0.2, -0.15) is 0 Å². The Morgan fingerprint density at radius 2 is 2.00 bits per heavy atom. The molecule has 0 radical (unpaired) electrons. The summed E-state index contributed by atoms with van der Waals surface area (Å²) in [5, 5.41) is 14.7. The molecular weight excluding hydrogens is 256 g/mol. The molecule has 1 aromatic carbocycles. The second kappa shape index (κ2) is 7.49. The van der Waals surface area contributed by atoms with Gasteiger partial charge in [-0.1, -0.05) is 35.5 Å². The third kappa shape index (κ3) is 4.24. The molecular formula is C14H22N4O2. The maximum absolute atomic E-state index is 12.3. The number of likely N-dealkylation sites (N-methyl/N-ethyl adjacent to an activating group) is 1. The summed E-state index contributed by atoms with van der Waals surface area (Å²) in [5.74, 6) is -1.18. The SMILES string of the molecule is CC(CNC(=O)C(C(N)=NO)c1ccccc1)N(C)C. The Balaban J connectivity index is 2.82. The topological polar surface area (TPSA) is 91.0 Å². The second-order valence-corrected chi connectivity index (χ2v) is 4.93. The van der Waals surface area contributed by atoms with Crippen molar-refractivity contribution in [1.82, 2.24) is 10.2 Å². The van der Waals surface area contributed by atoms with E-state index in [1.807, 2.05) is 44.1 Å². The molecule has 0 aromatic heterocycles. The molecule has 2 atom stereocenters. The van der Waals surface area contributed by atoms with E-state index in [4.69, 9.17) is 10.9 Å². The van der Waals surface area contributed by atoms with E-state index in [2.05, 4.69) is 10.5 Å². The molecule has 4 N–H and O–H groups in total. The van der Waals surface area contributed by atoms with Crippen LogP contribution in [0.25, 0.3) is 0 Å². The third-order valence-corrected chi connectivity index (χ3v) is 3.26. The molecule has 1 aromatic rings. The molecule has 0 aliphatic rings. The van der Waals surface area contributed by atoms with Crippen molar-refractivity contribution in [2.45, 2.75) is 18.9 Å². The minimum atomic E-state index is -0.782. The third-order valence-electron chi connectivity index (χ3n) is 3.26. The Hall–Kier alpha value is -2.08. The van der Waals surface area contributed by atoms with Crippen LogP contribution in [0.5, 0.6) is 0 Å². The molecule has 0 spiro atoms. The first-order valence-corrected chi connectivity index (χ1v) is 6.43. The molecule has 0 aliphatic heterocycles. The quantitative estimate of drug-likeness (QED) is 0.307. The van der Waals surface area contributed by atoms with Gasteiger partial charge in [-0.05, 0) is 26.6 Å². The number of hydrogen-bond donors (Lipinski definition) is 3. The second-order valence-electron chi connectivity index (χ2n) is 4.93. The summed E-state index contributed by atoms with van der Waals surface area (Å²) in [6.07, 6.45) is 0. The number of hydrogen-bond acceptors (Lipinski definition) is 4. The molecule has 20 heavy (non-hydrogen) atoms. The summed E-state index contributed by atoms with van der Waals surface area (Å²) >= 11 is 0. The highest BCUT2D eigenvalue weighted by Crippen LogP contribution is 2.16. The summed E-state index contributed by atoms with van der Waals surface area (Å²) in [4.78, 5) is 14.3. The molecule has 0 aliphatic carbocycles. The highest BCUT2D eigenvalue weighted by atomic mass is 16.4. The maximum Gasteiger partial charge on any atom is 0.235 e. The van der Waals surface area contributed by atoms with Gasteiger partial charge in [0.05, 0.1) is 0 Å². The van der Waals surface area contributed by atoms with Gasteiger partial charge in [-0.3, -0.25) is 4.79 Å². The summed E-state index contributed by atoms with van der Waals surface area (Å²) in [6, 6.07) is 9.21. The molecule has 0 heterocycles. The van der Waals surface area contributed by atoms with Gasteiger partial charge in [-0.15, -0.1) is 0 Å². The molecule has 0 fully saturated rings. The highest BCUT2D eigenvalue weighted by molar-refractivity contribution is 6.07. The fraction of sp³-hybridized carbons (Fsp3) is 0.429. The number of carbonyl (C=O) groups excluding carboxylic acids is 1. The van der Waals surface area contributed by atoms with Crippen molar-refractivity contribution in [1.29, 1.82) is 0 Å². The van der Waals surface area contributed by atoms with Crippen LogP contribution < -0.4 is 11.1 Å². The highest BCUT2D eigenvalue weighted by Gasteiger charge is 2.25. The monoisotopic (exact) mass is 278 g/mol. The van der Waals surface area contributed by atoms with Crippen molar-refractivity contribution >= 4 is 11.7 Å². The summed E-state index contributed by atoms with van der Waals surface area (Å²) in [7, 11) is 3.88. The zero-order valence-corrected chi connectivity index (χ0v) is 12.1. The van der Waals surface area contributed by atoms with Crippen molar-refractivity contribution in [2.24, 2.45) is 10.9 Å². The standard InChI is InChI=1S/C14H22N4O2/c1-10(18(2)3)9-16-14(19)12(13(15)17-20)11-7-5-4-6-8-11/h4-8,10,12,20H,9H2,1-3H3,(H2,15,17)(H,16,19). The number of nitrogens with two attached hydrogens (primary N) is 1. The van der Waals surface area contributed by atoms with E-state index in [1.54, 1.807) is 12.1 Å². The van der Waals surface area contributed by atoms with E-state index < -0.39 is 5.92 Å². The lowest BCUT2D eigenvalue weighted by Crippen LogP contribution is -2.43. The Bertz CT molecular complexity index is 460. The van der Waals surface area contributed by atoms with Gasteiger partial charge < -0.3 is 21.2 Å². The molecule has 110 valence electrons. The van der Waals surface area contributed by atoms with Gasteiger partial charge in [0.25, 0.3) is 0 Å². The largest absolute Gasteiger partial charge is 0.409 e. The van der Waals surface area contributed by atoms with Crippen LogP contribution in [0, 0.1) is 0 Å². The van der Waals surface area contributed by atoms with E-state index in [0.29, 0.717) is 12.1 Å². The van der Waals surface area contributed by atoms with Crippen LogP contribution in [0.1, 0.15) is 18.4 Å². The number of amides is 1. The van der Waals surface area contributed by atoms with Gasteiger partial charge in [0, 0.05) is 12.6 Å². The fourth-order valence-electron chi connectivity index (χ4n) is 1.69. The fourth-order valence-corrected chi connectivity index (χ4v) is 1.69. The molecule has 0 saturated heterocycles. The lowest BCUT2D eigenvalue weighted by molar-refractivity contribution is -0.121. The van der Waals surface area contributed by atoms with Crippen LogP contribution in [0.3, 0.4) is 0 Å². The molecule has 2 unspecified atom stereocenters. The van der Waals surface area contributed by atoms with Crippen LogP contribution in [-0.2, 0) is 4.79 Å². The first kappa shape index (κ1) is 16.0. The average Bonchev–Trinajstić information content (AvgIpc) is 2.45. The minimum Gasteiger partial charge on any atom is -0.409 e. The molecule has 6 nitrogen and oxygen atoms in total. The van der Waals surface area contributed by atoms with Crippen LogP contribution >= 0.6 is 0 Å². The molecule has 1 amide bonds. The van der Waals surface area contributed by atoms with Gasteiger partial charge >= 0.3 is 0 Å². The molecule has 1 rings (SSSR count). The van der Waals surface area contributed by atoms with Crippen molar-refractivity contribution in [3.63, 3.8) is 0 Å². The number of rotatable bonds is 6. The van der Waals surface area contributed by atoms with E-state index in [0.717, 1.165) is 0 Å². The average molecular weight is 278 g/mol. The van der Waals surface area contributed by atoms with Crippen molar-refractivity contribution in [3.8, 4) is 0 Å². The van der Waals surface area contributed by atoms with Gasteiger partial charge in [-0.25, -0.2) is 0 Å². The smallest absolute Gasteiger partial charge is 0.235 e. The number of nitrogens with one attached hydrogen (secondary N) is 1. The Morgan fingerprint density at radius 3 is 2.50 bits per heavy atom. The summed E-state index contributed by atoms with van der Waals surface area (Å²) in [5.41, 5.74) is 6.34. The maximum atomic E-state index is 12.3. The summed E-state index contributed by atoms with van der Waals surface area (Å²) < 4.78 is 0. The first-order chi connectivity index (χ1) is 9.47. The van der Waals surface area contributed by atoms with Gasteiger partial charge in [0.15, 0.2) is 5.84 Å². The van der Waals surface area contributed by atoms with Crippen LogP contribution in [0.4, 0.5) is 0 Å². The number of oxime groups is 1. The number of benzene rings is 1. The first-order valence-electron chi connectivity index (χ1n) is 6.43. The zero-order chi connectivity index (χ0) is 15.1. The molecule has 6 heteroatoms. The lowest BCUT2D eigenvalue weighted by atomic mass is 9.97. The summed E-state index contributed by atoms with van der Waals surface area (Å²) in [6.45, 7) is 2.50. The van der Waals surface area contributed by atoms with E-state index in [9.17, 15) is 4.79 Å². The Kier molecular flexibility index (Phi) is 5.99. The van der Waals surface area contributed by atoms with Crippen LogP contribution in [0.15, 0.2) is 35.5 Å². The molecule has 0 saturated carbocycles. The Labute approximate surface area is 119 Å². The van der Waals surface area contributed by atoms with Gasteiger partial charge in [0.2, 0.25) is 5.91 Å². The number of nitrogens with zero attached hydrogens (tertiary/aromatic N) is 2. The predicted octanol–water partition coefficient (Wildman–Crippen LogP) is 0.583. The predicted molar refractivity (Wildman–Crippen MR) is 78.8 cm³/mol. The molecule has 0 bridgehead atoms. The number of amidine groups is 1. The normalized spacial score (nSPS) is 14.9. The van der Waals surface area contributed by atoms with E-state index >= 15 is 0 Å². The van der Waals surface area contributed by atoms with E-state index in [1.165, 1.54) is 0 Å². The van der Waals surface area contributed by atoms with Gasteiger partial charge in [0.1, 0.15) is 5.92 Å². The van der Waals surface area contributed by atoms with Crippen molar-refractivity contribution in [3.05, 3.63) is 35.9 Å². The van der Waals surface area contributed by atoms with Crippen molar-refractivity contribution < 1.29 is 10.0 Å². The van der Waals surface area contributed by atoms with Crippen LogP contribution in [-0.4, -0.2) is 48.5 Å². The van der Waals surface area contributed by atoms with Crippen LogP contribution in [0.2, 0.25) is 0 Å². The lowest BCUT2D eigenvalue weighted by Gasteiger charge is -2.22. The van der Waals surface area contributed by atoms with Crippen molar-refractivity contribution in [2.75, 3.05) is 20.6 Å².